The minimum Gasteiger partial charge on any atom is -0.501 e. The third-order valence-electron chi connectivity index (χ3n) is 7.48. The normalized spacial score (nSPS) is 43.9. The van der Waals surface area contributed by atoms with Crippen molar-refractivity contribution in [3.05, 3.63) is 12.3 Å². The highest BCUT2D eigenvalue weighted by Crippen LogP contribution is 2.32. The van der Waals surface area contributed by atoms with Gasteiger partial charge in [-0.3, -0.25) is 0 Å². The van der Waals surface area contributed by atoms with Crippen molar-refractivity contribution < 1.29 is 68.2 Å². The Bertz CT molecular complexity index is 652. The molecule has 0 aliphatic carbocycles. The van der Waals surface area contributed by atoms with Crippen molar-refractivity contribution >= 4 is 0 Å². The van der Waals surface area contributed by atoms with Crippen LogP contribution < -0.4 is 0 Å². The summed E-state index contributed by atoms with van der Waals surface area (Å²) >= 11 is 0. The summed E-state index contributed by atoms with van der Waals surface area (Å²) in [5.74, 6) is 0.764. The van der Waals surface area contributed by atoms with Crippen LogP contribution in [0.15, 0.2) is 12.3 Å². The van der Waals surface area contributed by atoms with Crippen LogP contribution in [-0.4, -0.2) is 135 Å². The summed E-state index contributed by atoms with van der Waals surface area (Å²) in [6.07, 6.45) is 4.84. The molecule has 0 aromatic carbocycles. The van der Waals surface area contributed by atoms with Crippen molar-refractivity contribution in [1.82, 2.24) is 0 Å². The molecule has 3 unspecified atom stereocenters. The topological polar surface area (TPSA) is 184 Å². The standard InChI is InChI=1S/3C6H10O3.C4H8O4.C4H6O/c3*7-5-3-9-6-4(5)1-2-8-6;5-3-1-7-4(6)2-8-3;1-2-4-5-3-1/h3*4-7H,1-3H2;3-6H,1-2H2;1,3H,2,4H2/t4-,5?,6+;2*4-,5-,6+;;/m000../s1. The van der Waals surface area contributed by atoms with E-state index in [0.29, 0.717) is 19.8 Å². The van der Waals surface area contributed by atoms with E-state index in [1.54, 1.807) is 6.26 Å². The fourth-order valence-corrected chi connectivity index (χ4v) is 5.15. The van der Waals surface area contributed by atoms with E-state index in [1.807, 2.05) is 6.08 Å². The van der Waals surface area contributed by atoms with Gasteiger partial charge in [-0.05, 0) is 25.3 Å². The fraction of sp³-hybridized carbons (Fsp3) is 0.923. The molecule has 8 rings (SSSR count). The molecule has 0 aromatic heterocycles. The number of hydrogen-bond donors (Lipinski definition) is 5. The number of aliphatic hydroxyl groups excluding tert-OH is 5. The van der Waals surface area contributed by atoms with Gasteiger partial charge in [-0.15, -0.1) is 0 Å². The van der Waals surface area contributed by atoms with Gasteiger partial charge in [0, 0.05) is 24.2 Å². The van der Waals surface area contributed by atoms with Gasteiger partial charge in [0.15, 0.2) is 31.5 Å². The van der Waals surface area contributed by atoms with E-state index in [2.05, 4.69) is 9.47 Å². The van der Waals surface area contributed by atoms with Crippen molar-refractivity contribution in [1.29, 1.82) is 0 Å². The van der Waals surface area contributed by atoms with E-state index >= 15 is 0 Å². The van der Waals surface area contributed by atoms with Crippen molar-refractivity contribution in [3.63, 3.8) is 0 Å². The van der Waals surface area contributed by atoms with Gasteiger partial charge < -0.3 is 68.2 Å². The predicted octanol–water partition coefficient (Wildman–Crippen LogP) is -1.19. The average Bonchev–Trinajstić information content (AvgIpc) is 3.78. The number of fused-ring (bicyclic) bond motifs is 3. The Kier molecular flexibility index (Phi) is 13.3. The maximum absolute atomic E-state index is 9.19. The largest absolute Gasteiger partial charge is 0.501 e. The molecule has 0 spiro atoms. The highest BCUT2D eigenvalue weighted by molar-refractivity contribution is 4.83. The first-order valence-corrected chi connectivity index (χ1v) is 14.0. The number of rotatable bonds is 0. The highest BCUT2D eigenvalue weighted by Gasteiger charge is 2.42. The minimum atomic E-state index is -0.863. The monoisotopic (exact) mass is 580 g/mol. The van der Waals surface area contributed by atoms with E-state index in [4.69, 9.17) is 43.4 Å². The predicted molar refractivity (Wildman–Crippen MR) is 133 cm³/mol. The first-order valence-electron chi connectivity index (χ1n) is 14.0. The van der Waals surface area contributed by atoms with Crippen LogP contribution in [0.4, 0.5) is 0 Å². The smallest absolute Gasteiger partial charge is 0.178 e. The van der Waals surface area contributed by atoms with Crippen molar-refractivity contribution in [2.75, 3.05) is 59.5 Å². The van der Waals surface area contributed by atoms with Gasteiger partial charge in [0.2, 0.25) is 0 Å². The van der Waals surface area contributed by atoms with Crippen LogP contribution in [0, 0.1) is 17.8 Å². The zero-order valence-electron chi connectivity index (χ0n) is 22.6. The lowest BCUT2D eigenvalue weighted by Gasteiger charge is -2.22. The molecular weight excluding hydrogens is 536 g/mol. The van der Waals surface area contributed by atoms with Gasteiger partial charge in [-0.1, -0.05) is 0 Å². The van der Waals surface area contributed by atoms with Gasteiger partial charge in [0.05, 0.1) is 70.8 Å². The first kappa shape index (κ1) is 31.9. The summed E-state index contributed by atoms with van der Waals surface area (Å²) in [6.45, 7) is 4.59. The van der Waals surface area contributed by atoms with Gasteiger partial charge in [-0.25, -0.2) is 0 Å². The van der Waals surface area contributed by atoms with Crippen molar-refractivity contribution in [3.8, 4) is 0 Å². The molecule has 8 aliphatic heterocycles. The lowest BCUT2D eigenvalue weighted by atomic mass is 10.0. The number of ether oxygens (including phenoxy) is 9. The van der Waals surface area contributed by atoms with Gasteiger partial charge in [0.1, 0.15) is 13.2 Å². The Hall–Kier alpha value is -0.980. The van der Waals surface area contributed by atoms with E-state index in [0.717, 1.165) is 52.1 Å². The summed E-state index contributed by atoms with van der Waals surface area (Å²) in [5, 5.41) is 44.7. The molecule has 0 saturated carbocycles. The van der Waals surface area contributed by atoms with Crippen LogP contribution in [0.5, 0.6) is 0 Å². The SMILES string of the molecule is C1=COCC1.OC1COC(O)CO1.OC1CO[C@H]2OCC[C@@H]12.O[C@H]1CO[C@H]2OCC[C@H]21.O[C@H]1CO[C@H]2OCC[C@H]21. The molecule has 0 aromatic rings. The van der Waals surface area contributed by atoms with Crippen LogP contribution in [0.3, 0.4) is 0 Å². The Morgan fingerprint density at radius 1 is 0.450 bits per heavy atom. The van der Waals surface area contributed by atoms with Crippen LogP contribution in [0.25, 0.3) is 0 Å². The zero-order valence-corrected chi connectivity index (χ0v) is 22.6. The molecule has 14 heteroatoms. The molecule has 14 nitrogen and oxygen atoms in total. The second-order valence-electron chi connectivity index (χ2n) is 10.4. The minimum absolute atomic E-state index is 0.0567. The Labute approximate surface area is 233 Å². The maximum atomic E-state index is 9.19. The summed E-state index contributed by atoms with van der Waals surface area (Å²) < 4.78 is 44.8. The lowest BCUT2D eigenvalue weighted by Crippen LogP contribution is -2.34. The Balaban J connectivity index is 0.000000117. The molecule has 5 N–H and O–H groups in total. The summed E-state index contributed by atoms with van der Waals surface area (Å²) in [5.41, 5.74) is 0. The summed E-state index contributed by atoms with van der Waals surface area (Å²) in [7, 11) is 0. The Morgan fingerprint density at radius 2 is 0.850 bits per heavy atom. The zero-order chi connectivity index (χ0) is 28.3. The van der Waals surface area contributed by atoms with E-state index in [-0.39, 0.29) is 68.1 Å². The van der Waals surface area contributed by atoms with E-state index < -0.39 is 12.6 Å². The van der Waals surface area contributed by atoms with Gasteiger partial charge in [0.25, 0.3) is 0 Å². The average molecular weight is 581 g/mol. The third kappa shape index (κ3) is 9.52. The summed E-state index contributed by atoms with van der Waals surface area (Å²) in [4.78, 5) is 0. The lowest BCUT2D eigenvalue weighted by molar-refractivity contribution is -0.263. The van der Waals surface area contributed by atoms with E-state index in [1.165, 1.54) is 0 Å². The molecule has 7 fully saturated rings. The molecular formula is C26H44O14. The van der Waals surface area contributed by atoms with Crippen molar-refractivity contribution in [2.24, 2.45) is 17.8 Å². The molecule has 232 valence electrons. The molecule has 8 heterocycles. The molecule has 7 saturated heterocycles. The highest BCUT2D eigenvalue weighted by atomic mass is 16.7. The molecule has 0 radical (unpaired) electrons. The number of hydrogen-bond acceptors (Lipinski definition) is 14. The fourth-order valence-electron chi connectivity index (χ4n) is 5.15. The quantitative estimate of drug-likeness (QED) is 0.230. The van der Waals surface area contributed by atoms with Crippen molar-refractivity contribution in [2.45, 2.75) is 75.4 Å². The molecule has 11 atom stereocenters. The Morgan fingerprint density at radius 3 is 1.10 bits per heavy atom. The van der Waals surface area contributed by atoms with E-state index in [9.17, 15) is 15.3 Å². The molecule has 0 bridgehead atoms. The van der Waals surface area contributed by atoms with Crippen LogP contribution in [0.2, 0.25) is 0 Å². The van der Waals surface area contributed by atoms with Gasteiger partial charge in [-0.2, -0.15) is 0 Å². The second-order valence-corrected chi connectivity index (χ2v) is 10.4. The van der Waals surface area contributed by atoms with Crippen LogP contribution in [0.1, 0.15) is 25.7 Å². The molecule has 8 aliphatic rings. The molecule has 0 amide bonds. The molecule has 40 heavy (non-hydrogen) atoms. The second kappa shape index (κ2) is 16.6. The first-order chi connectivity index (χ1) is 19.4. The summed E-state index contributed by atoms with van der Waals surface area (Å²) in [6, 6.07) is 0. The van der Waals surface area contributed by atoms with Crippen LogP contribution >= 0.6 is 0 Å². The number of aliphatic hydroxyl groups is 5. The maximum Gasteiger partial charge on any atom is 0.178 e. The third-order valence-corrected chi connectivity index (χ3v) is 7.48. The van der Waals surface area contributed by atoms with Crippen LogP contribution in [-0.2, 0) is 42.6 Å². The van der Waals surface area contributed by atoms with Gasteiger partial charge >= 0.3 is 0 Å².